The Bertz CT molecular complexity index is 499. The standard InChI is InChI=1S/C14H22N4O2/c1-17-7-3-4-10(9-17)8-12-15-13-6-2-5-11(14(19)20)18(13)16-12/h10-11H,2-9H2,1H3,(H,19,20). The first-order valence-corrected chi connectivity index (χ1v) is 7.49. The number of fused-ring (bicyclic) bond motifs is 1. The second kappa shape index (κ2) is 5.52. The fourth-order valence-electron chi connectivity index (χ4n) is 3.41. The Morgan fingerprint density at radius 1 is 1.40 bits per heavy atom. The Labute approximate surface area is 118 Å². The molecule has 20 heavy (non-hydrogen) atoms. The van der Waals surface area contributed by atoms with Gasteiger partial charge in [-0.2, -0.15) is 5.10 Å². The van der Waals surface area contributed by atoms with E-state index in [0.717, 1.165) is 37.5 Å². The van der Waals surface area contributed by atoms with E-state index in [1.165, 1.54) is 19.4 Å². The van der Waals surface area contributed by atoms with Crippen molar-refractivity contribution >= 4 is 5.97 Å². The van der Waals surface area contributed by atoms with E-state index in [-0.39, 0.29) is 0 Å². The van der Waals surface area contributed by atoms with Gasteiger partial charge in [0.2, 0.25) is 0 Å². The van der Waals surface area contributed by atoms with Crippen molar-refractivity contribution in [3.8, 4) is 0 Å². The zero-order chi connectivity index (χ0) is 14.1. The first-order chi connectivity index (χ1) is 9.63. The molecule has 2 atom stereocenters. The van der Waals surface area contributed by atoms with E-state index in [0.29, 0.717) is 12.3 Å². The van der Waals surface area contributed by atoms with E-state index >= 15 is 0 Å². The van der Waals surface area contributed by atoms with E-state index in [1.54, 1.807) is 4.68 Å². The van der Waals surface area contributed by atoms with Gasteiger partial charge in [0.1, 0.15) is 5.82 Å². The lowest BCUT2D eigenvalue weighted by molar-refractivity contribution is -0.141. The van der Waals surface area contributed by atoms with Crippen molar-refractivity contribution in [1.82, 2.24) is 19.7 Å². The molecule has 6 heteroatoms. The molecule has 0 spiro atoms. The minimum atomic E-state index is -0.792. The predicted molar refractivity (Wildman–Crippen MR) is 73.6 cm³/mol. The molecule has 0 aromatic carbocycles. The molecular weight excluding hydrogens is 256 g/mol. The smallest absolute Gasteiger partial charge is 0.328 e. The van der Waals surface area contributed by atoms with Gasteiger partial charge in [-0.25, -0.2) is 14.5 Å². The third-order valence-corrected chi connectivity index (χ3v) is 4.40. The molecule has 3 rings (SSSR count). The van der Waals surface area contributed by atoms with Crippen molar-refractivity contribution in [2.24, 2.45) is 5.92 Å². The maximum Gasteiger partial charge on any atom is 0.328 e. The van der Waals surface area contributed by atoms with Gasteiger partial charge in [0.05, 0.1) is 0 Å². The maximum atomic E-state index is 11.3. The molecule has 2 unspecified atom stereocenters. The zero-order valence-electron chi connectivity index (χ0n) is 12.0. The largest absolute Gasteiger partial charge is 0.480 e. The number of rotatable bonds is 3. The number of carboxylic acids is 1. The van der Waals surface area contributed by atoms with Crippen LogP contribution < -0.4 is 0 Å². The lowest BCUT2D eigenvalue weighted by Crippen LogP contribution is -2.33. The Morgan fingerprint density at radius 3 is 3.00 bits per heavy atom. The van der Waals surface area contributed by atoms with Crippen molar-refractivity contribution in [2.75, 3.05) is 20.1 Å². The summed E-state index contributed by atoms with van der Waals surface area (Å²) < 4.78 is 1.65. The molecule has 1 N–H and O–H groups in total. The van der Waals surface area contributed by atoms with Crippen LogP contribution in [0.5, 0.6) is 0 Å². The Kier molecular flexibility index (Phi) is 3.74. The highest BCUT2D eigenvalue weighted by Gasteiger charge is 2.29. The van der Waals surface area contributed by atoms with Gasteiger partial charge in [-0.05, 0) is 45.2 Å². The van der Waals surface area contributed by atoms with Crippen LogP contribution in [0, 0.1) is 5.92 Å². The van der Waals surface area contributed by atoms with Crippen molar-refractivity contribution < 1.29 is 9.90 Å². The Morgan fingerprint density at radius 2 is 2.25 bits per heavy atom. The van der Waals surface area contributed by atoms with Crippen molar-refractivity contribution in [3.05, 3.63) is 11.6 Å². The van der Waals surface area contributed by atoms with Crippen LogP contribution >= 0.6 is 0 Å². The zero-order valence-corrected chi connectivity index (χ0v) is 12.0. The number of carboxylic acid groups (broad SMARTS) is 1. The number of hydrogen-bond acceptors (Lipinski definition) is 4. The molecule has 110 valence electrons. The van der Waals surface area contributed by atoms with Crippen LogP contribution in [0.3, 0.4) is 0 Å². The number of hydrogen-bond donors (Lipinski definition) is 1. The molecule has 1 saturated heterocycles. The van der Waals surface area contributed by atoms with Gasteiger partial charge in [0, 0.05) is 19.4 Å². The first kappa shape index (κ1) is 13.5. The summed E-state index contributed by atoms with van der Waals surface area (Å²) >= 11 is 0. The topological polar surface area (TPSA) is 71.2 Å². The SMILES string of the molecule is CN1CCCC(Cc2nc3n(n2)C(C(=O)O)CCC3)C1. The summed E-state index contributed by atoms with van der Waals surface area (Å²) in [7, 11) is 2.15. The van der Waals surface area contributed by atoms with Gasteiger partial charge in [-0.3, -0.25) is 0 Å². The number of aryl methyl sites for hydroxylation is 1. The van der Waals surface area contributed by atoms with Crippen molar-refractivity contribution in [3.63, 3.8) is 0 Å². The lowest BCUT2D eigenvalue weighted by atomic mass is 9.95. The van der Waals surface area contributed by atoms with Gasteiger partial charge in [0.25, 0.3) is 0 Å². The van der Waals surface area contributed by atoms with Crippen LogP contribution in [-0.4, -0.2) is 50.9 Å². The molecule has 0 amide bonds. The van der Waals surface area contributed by atoms with Crippen LogP contribution in [0.15, 0.2) is 0 Å². The molecule has 1 fully saturated rings. The van der Waals surface area contributed by atoms with Crippen LogP contribution in [0.4, 0.5) is 0 Å². The average Bonchev–Trinajstić information content (AvgIpc) is 2.80. The summed E-state index contributed by atoms with van der Waals surface area (Å²) in [6, 6.07) is -0.519. The molecule has 0 aliphatic carbocycles. The van der Waals surface area contributed by atoms with Gasteiger partial charge in [0.15, 0.2) is 11.9 Å². The fourth-order valence-corrected chi connectivity index (χ4v) is 3.41. The highest BCUT2D eigenvalue weighted by Crippen LogP contribution is 2.25. The van der Waals surface area contributed by atoms with Gasteiger partial charge < -0.3 is 10.0 Å². The fraction of sp³-hybridized carbons (Fsp3) is 0.786. The summed E-state index contributed by atoms with van der Waals surface area (Å²) in [6.45, 7) is 2.26. The monoisotopic (exact) mass is 278 g/mol. The maximum absolute atomic E-state index is 11.3. The summed E-state index contributed by atoms with van der Waals surface area (Å²) in [4.78, 5) is 18.2. The second-order valence-electron chi connectivity index (χ2n) is 6.11. The average molecular weight is 278 g/mol. The number of aromatic nitrogens is 3. The summed E-state index contributed by atoms with van der Waals surface area (Å²) in [5.41, 5.74) is 0. The Balaban J connectivity index is 1.74. The minimum absolute atomic E-state index is 0.519. The highest BCUT2D eigenvalue weighted by molar-refractivity contribution is 5.71. The molecule has 2 aliphatic rings. The summed E-state index contributed by atoms with van der Waals surface area (Å²) in [6.07, 6.45) is 5.72. The lowest BCUT2D eigenvalue weighted by Gasteiger charge is -2.28. The van der Waals surface area contributed by atoms with Crippen LogP contribution in [0.25, 0.3) is 0 Å². The van der Waals surface area contributed by atoms with Gasteiger partial charge >= 0.3 is 5.97 Å². The van der Waals surface area contributed by atoms with Gasteiger partial charge in [-0.1, -0.05) is 0 Å². The molecule has 1 aromatic heterocycles. The molecule has 0 bridgehead atoms. The van der Waals surface area contributed by atoms with Crippen molar-refractivity contribution in [1.29, 1.82) is 0 Å². The van der Waals surface area contributed by atoms with E-state index in [4.69, 9.17) is 0 Å². The molecule has 3 heterocycles. The summed E-state index contributed by atoms with van der Waals surface area (Å²) in [5.74, 6) is 1.48. The molecule has 0 saturated carbocycles. The molecule has 2 aliphatic heterocycles. The molecule has 0 radical (unpaired) electrons. The van der Waals surface area contributed by atoms with E-state index in [1.807, 2.05) is 0 Å². The van der Waals surface area contributed by atoms with Crippen molar-refractivity contribution in [2.45, 2.75) is 44.6 Å². The second-order valence-corrected chi connectivity index (χ2v) is 6.11. The van der Waals surface area contributed by atoms with Crippen LogP contribution in [0.2, 0.25) is 0 Å². The normalized spacial score (nSPS) is 27.2. The predicted octanol–water partition coefficient (Wildman–Crippen LogP) is 1.12. The summed E-state index contributed by atoms with van der Waals surface area (Å²) in [5, 5.41) is 13.7. The van der Waals surface area contributed by atoms with Crippen LogP contribution in [0.1, 0.15) is 43.4 Å². The molecule has 6 nitrogen and oxygen atoms in total. The third-order valence-electron chi connectivity index (χ3n) is 4.40. The van der Waals surface area contributed by atoms with E-state index in [2.05, 4.69) is 22.0 Å². The number of likely N-dealkylation sites (tertiary alicyclic amines) is 1. The number of carbonyl (C=O) groups is 1. The van der Waals surface area contributed by atoms with E-state index in [9.17, 15) is 9.90 Å². The number of nitrogens with zero attached hydrogens (tertiary/aromatic N) is 4. The molecular formula is C14H22N4O2. The number of aliphatic carboxylic acids is 1. The third kappa shape index (κ3) is 2.70. The van der Waals surface area contributed by atoms with Crippen LogP contribution in [-0.2, 0) is 17.6 Å². The van der Waals surface area contributed by atoms with Gasteiger partial charge in [-0.15, -0.1) is 0 Å². The van der Waals surface area contributed by atoms with E-state index < -0.39 is 12.0 Å². The highest BCUT2D eigenvalue weighted by atomic mass is 16.4. The number of piperidine rings is 1. The Hall–Kier alpha value is -1.43. The first-order valence-electron chi connectivity index (χ1n) is 7.49. The quantitative estimate of drug-likeness (QED) is 0.897. The molecule has 1 aromatic rings. The minimum Gasteiger partial charge on any atom is -0.480 e.